The van der Waals surface area contributed by atoms with Gasteiger partial charge in [-0.3, -0.25) is 9.59 Å². The lowest BCUT2D eigenvalue weighted by Crippen LogP contribution is -2.50. The average molecular weight is 544 g/mol. The molecule has 3 aromatic rings. The molecule has 2 amide bonds. The second-order valence-corrected chi connectivity index (χ2v) is 9.90. The maximum Gasteiger partial charge on any atom is 0.253 e. The van der Waals surface area contributed by atoms with Crippen molar-refractivity contribution in [1.82, 2.24) is 15.3 Å². The molecule has 5 rings (SSSR count). The van der Waals surface area contributed by atoms with Crippen molar-refractivity contribution < 1.29 is 22.8 Å². The summed E-state index contributed by atoms with van der Waals surface area (Å²) >= 11 is 6.60. The quantitative estimate of drug-likeness (QED) is 0.454. The highest BCUT2D eigenvalue weighted by molar-refractivity contribution is 6.34. The minimum absolute atomic E-state index is 0.0380. The molecule has 0 bridgehead atoms. The largest absolute Gasteiger partial charge is 0.349 e. The third-order valence-corrected chi connectivity index (χ3v) is 7.26. The van der Waals surface area contributed by atoms with Crippen molar-refractivity contribution in [2.45, 2.75) is 50.2 Å². The molecule has 1 saturated carbocycles. The summed E-state index contributed by atoms with van der Waals surface area (Å²) in [5.41, 5.74) is 0.904. The molecule has 1 saturated heterocycles. The van der Waals surface area contributed by atoms with Crippen LogP contribution in [0.1, 0.15) is 41.6 Å². The fraction of sp³-hybridized carbons (Fsp3) is 0.333. The van der Waals surface area contributed by atoms with Crippen molar-refractivity contribution in [2.24, 2.45) is 0 Å². The molecule has 0 spiro atoms. The van der Waals surface area contributed by atoms with Crippen molar-refractivity contribution in [2.75, 3.05) is 16.3 Å². The molecule has 2 aromatic carbocycles. The van der Waals surface area contributed by atoms with E-state index in [1.807, 2.05) is 4.90 Å². The van der Waals surface area contributed by atoms with E-state index in [-0.39, 0.29) is 23.0 Å². The molecule has 1 aliphatic carbocycles. The number of anilines is 2. The summed E-state index contributed by atoms with van der Waals surface area (Å²) in [4.78, 5) is 38.6. The van der Waals surface area contributed by atoms with E-state index >= 15 is 0 Å². The zero-order chi connectivity index (χ0) is 26.9. The second-order valence-electron chi connectivity index (χ2n) is 9.52. The molecule has 1 atom stereocenters. The van der Waals surface area contributed by atoms with Gasteiger partial charge >= 0.3 is 0 Å². The van der Waals surface area contributed by atoms with Crippen molar-refractivity contribution in [3.8, 4) is 0 Å². The summed E-state index contributed by atoms with van der Waals surface area (Å²) in [5.74, 6) is -3.70. The van der Waals surface area contributed by atoms with Gasteiger partial charge < -0.3 is 15.1 Å². The monoisotopic (exact) mass is 543 g/mol. The lowest BCUT2D eigenvalue weighted by molar-refractivity contribution is -0.119. The Morgan fingerprint density at radius 3 is 2.55 bits per heavy atom. The zero-order valence-electron chi connectivity index (χ0n) is 20.3. The van der Waals surface area contributed by atoms with Crippen LogP contribution >= 0.6 is 11.6 Å². The maximum absolute atomic E-state index is 14.2. The van der Waals surface area contributed by atoms with Gasteiger partial charge in [-0.2, -0.15) is 0 Å². The molecular formula is C27H25ClF3N5O2. The van der Waals surface area contributed by atoms with Gasteiger partial charge in [0.2, 0.25) is 11.9 Å². The number of halogens is 4. The fourth-order valence-electron chi connectivity index (χ4n) is 4.90. The highest BCUT2D eigenvalue weighted by Gasteiger charge is 2.46. The number of carbonyl (C=O) groups excluding carboxylic acids is 2. The third kappa shape index (κ3) is 5.45. The molecule has 11 heteroatoms. The lowest BCUT2D eigenvalue weighted by Gasteiger charge is -2.35. The van der Waals surface area contributed by atoms with Crippen molar-refractivity contribution in [3.05, 3.63) is 82.9 Å². The van der Waals surface area contributed by atoms with Crippen LogP contribution in [0.5, 0.6) is 0 Å². The molecule has 2 fully saturated rings. The van der Waals surface area contributed by atoms with Crippen LogP contribution in [-0.2, 0) is 11.3 Å². The summed E-state index contributed by atoms with van der Waals surface area (Å²) in [7, 11) is 0. The first-order chi connectivity index (χ1) is 18.2. The van der Waals surface area contributed by atoms with E-state index in [2.05, 4.69) is 15.3 Å². The average Bonchev–Trinajstić information content (AvgIpc) is 3.37. The smallest absolute Gasteiger partial charge is 0.253 e. The first-order valence-electron chi connectivity index (χ1n) is 12.3. The molecule has 2 aliphatic rings. The normalized spacial score (nSPS) is 18.6. The van der Waals surface area contributed by atoms with Crippen LogP contribution < -0.4 is 15.1 Å². The van der Waals surface area contributed by atoms with Crippen molar-refractivity contribution in [3.63, 3.8) is 0 Å². The molecule has 2 heterocycles. The maximum atomic E-state index is 14.2. The number of alkyl halides is 2. The summed E-state index contributed by atoms with van der Waals surface area (Å²) in [5, 5.41) is 2.68. The van der Waals surface area contributed by atoms with Crippen LogP contribution in [0, 0.1) is 5.82 Å². The van der Waals surface area contributed by atoms with Gasteiger partial charge in [0.1, 0.15) is 11.9 Å². The van der Waals surface area contributed by atoms with Gasteiger partial charge in [0.25, 0.3) is 11.8 Å². The predicted octanol–water partition coefficient (Wildman–Crippen LogP) is 5.00. The molecule has 0 unspecified atom stereocenters. The Morgan fingerprint density at radius 2 is 1.84 bits per heavy atom. The number of hydrogen-bond donors (Lipinski definition) is 1. The van der Waals surface area contributed by atoms with Gasteiger partial charge in [0.15, 0.2) is 0 Å². The number of hydrogen-bond acceptors (Lipinski definition) is 5. The Labute approximate surface area is 222 Å². The van der Waals surface area contributed by atoms with E-state index in [9.17, 15) is 22.8 Å². The molecular weight excluding hydrogens is 519 g/mol. The topological polar surface area (TPSA) is 78.4 Å². The van der Waals surface area contributed by atoms with Gasteiger partial charge in [-0.1, -0.05) is 29.8 Å². The summed E-state index contributed by atoms with van der Waals surface area (Å²) in [6.45, 7) is 0.553. The second kappa shape index (κ2) is 10.6. The molecule has 7 nitrogen and oxygen atoms in total. The van der Waals surface area contributed by atoms with Crippen molar-refractivity contribution >= 4 is 35.1 Å². The van der Waals surface area contributed by atoms with E-state index in [0.717, 1.165) is 6.42 Å². The lowest BCUT2D eigenvalue weighted by atomic mass is 9.88. The van der Waals surface area contributed by atoms with Crippen LogP contribution in [0.2, 0.25) is 5.02 Å². The van der Waals surface area contributed by atoms with Gasteiger partial charge in [-0.05, 0) is 48.7 Å². The Bertz CT molecular complexity index is 1340. The molecule has 38 heavy (non-hydrogen) atoms. The first-order valence-corrected chi connectivity index (χ1v) is 12.7. The number of aromatic nitrogens is 2. The molecule has 1 aliphatic heterocycles. The van der Waals surface area contributed by atoms with Crippen LogP contribution in [0.15, 0.2) is 60.9 Å². The Kier molecular flexibility index (Phi) is 7.25. The predicted molar refractivity (Wildman–Crippen MR) is 137 cm³/mol. The van der Waals surface area contributed by atoms with Crippen LogP contribution in [0.3, 0.4) is 0 Å². The van der Waals surface area contributed by atoms with Crippen LogP contribution in [0.4, 0.5) is 24.8 Å². The van der Waals surface area contributed by atoms with Crippen molar-refractivity contribution in [1.29, 1.82) is 0 Å². The van der Waals surface area contributed by atoms with E-state index in [0.29, 0.717) is 30.2 Å². The number of amides is 2. The Balaban J connectivity index is 1.42. The fourth-order valence-corrected chi connectivity index (χ4v) is 5.17. The highest BCUT2D eigenvalue weighted by atomic mass is 35.5. The number of carbonyl (C=O) groups is 2. The standard InChI is InChI=1S/C27H25ClF3N5O2/c28-23-17(5-1-8-21(23)24(37)34-19-14-27(30,31)15-19)16-36(20-7-2-6-18(29)13-20)25(38)22-9-3-12-35(22)26-32-10-4-11-33-26/h1-2,4-8,10-11,13,19,22H,3,9,12,14-16H2,(H,34,37)/t22-/m0/s1. The Hall–Kier alpha value is -3.66. The van der Waals surface area contributed by atoms with E-state index in [1.165, 1.54) is 29.2 Å². The van der Waals surface area contributed by atoms with Gasteiger partial charge in [0, 0.05) is 43.5 Å². The summed E-state index contributed by atoms with van der Waals surface area (Å²) in [6.07, 6.45) is 3.69. The van der Waals surface area contributed by atoms with Crippen LogP contribution in [-0.4, -0.2) is 46.3 Å². The van der Waals surface area contributed by atoms with E-state index in [4.69, 9.17) is 11.6 Å². The zero-order valence-corrected chi connectivity index (χ0v) is 21.0. The molecule has 1 N–H and O–H groups in total. The van der Waals surface area contributed by atoms with E-state index in [1.54, 1.807) is 36.7 Å². The molecule has 0 radical (unpaired) electrons. The van der Waals surface area contributed by atoms with Gasteiger partial charge in [-0.15, -0.1) is 0 Å². The number of rotatable bonds is 7. The van der Waals surface area contributed by atoms with E-state index < -0.39 is 42.6 Å². The summed E-state index contributed by atoms with van der Waals surface area (Å²) < 4.78 is 40.6. The number of nitrogens with zero attached hydrogens (tertiary/aromatic N) is 4. The highest BCUT2D eigenvalue weighted by Crippen LogP contribution is 2.38. The first kappa shape index (κ1) is 26.0. The molecule has 1 aromatic heterocycles. The number of benzene rings is 2. The van der Waals surface area contributed by atoms with Gasteiger partial charge in [0.05, 0.1) is 17.1 Å². The third-order valence-electron chi connectivity index (χ3n) is 6.81. The van der Waals surface area contributed by atoms with Crippen LogP contribution in [0.25, 0.3) is 0 Å². The minimum Gasteiger partial charge on any atom is -0.349 e. The minimum atomic E-state index is -2.77. The molecule has 198 valence electrons. The Morgan fingerprint density at radius 1 is 1.11 bits per heavy atom. The SMILES string of the molecule is O=C(NC1CC(F)(F)C1)c1cccc(CN(C(=O)[C@@H]2CCCN2c2ncccn2)c2cccc(F)c2)c1Cl. The number of nitrogens with one attached hydrogen (secondary N) is 1. The van der Waals surface area contributed by atoms with Gasteiger partial charge in [-0.25, -0.2) is 23.1 Å². The summed E-state index contributed by atoms with van der Waals surface area (Å²) in [6, 6.07) is 10.9.